The average Bonchev–Trinajstić information content (AvgIpc) is 3.39. The molecule has 1 heterocycles. The summed E-state index contributed by atoms with van der Waals surface area (Å²) in [7, 11) is 0. The van der Waals surface area contributed by atoms with E-state index in [1.807, 2.05) is 0 Å². The predicted octanol–water partition coefficient (Wildman–Crippen LogP) is 6.31. The van der Waals surface area contributed by atoms with Gasteiger partial charge in [0.1, 0.15) is 17.1 Å². The van der Waals surface area contributed by atoms with E-state index in [0.717, 1.165) is 12.1 Å². The van der Waals surface area contributed by atoms with Crippen LogP contribution in [0.15, 0.2) is 66.9 Å². The van der Waals surface area contributed by atoms with Gasteiger partial charge in [0.05, 0.1) is 35.9 Å². The Morgan fingerprint density at radius 1 is 1.09 bits per heavy atom. The van der Waals surface area contributed by atoms with Crippen LogP contribution in [0.1, 0.15) is 42.5 Å². The zero-order chi connectivity index (χ0) is 31.9. The predicted molar refractivity (Wildman–Crippen MR) is 149 cm³/mol. The number of hydrogen-bond donors (Lipinski definition) is 3. The second-order valence-electron chi connectivity index (χ2n) is 10.3. The molecular formula is C30H29ClF5N3O5. The van der Waals surface area contributed by atoms with Crippen molar-refractivity contribution >= 4 is 23.6 Å². The highest BCUT2D eigenvalue weighted by Crippen LogP contribution is 2.37. The molecule has 1 aliphatic carbocycles. The highest BCUT2D eigenvalue weighted by Gasteiger charge is 2.45. The first-order valence-electron chi connectivity index (χ1n) is 13.6. The van der Waals surface area contributed by atoms with Crippen LogP contribution < -0.4 is 15.4 Å². The van der Waals surface area contributed by atoms with E-state index >= 15 is 4.39 Å². The molecular weight excluding hydrogens is 613 g/mol. The highest BCUT2D eigenvalue weighted by atomic mass is 35.5. The van der Waals surface area contributed by atoms with Gasteiger partial charge in [0.15, 0.2) is 0 Å². The molecule has 1 saturated carbocycles. The molecule has 4 rings (SSSR count). The van der Waals surface area contributed by atoms with E-state index in [2.05, 4.69) is 20.4 Å². The number of rotatable bonds is 13. The third kappa shape index (κ3) is 8.35. The van der Waals surface area contributed by atoms with Crippen LogP contribution >= 0.6 is 11.6 Å². The Balaban J connectivity index is 1.77. The topological polar surface area (TPSA) is 110 Å². The number of carbonyl (C=O) groups excluding carboxylic acids is 1. The summed E-state index contributed by atoms with van der Waals surface area (Å²) in [6.45, 7) is -0.0538. The minimum Gasteiger partial charge on any atom is -0.481 e. The van der Waals surface area contributed by atoms with Crippen molar-refractivity contribution < 1.29 is 46.1 Å². The van der Waals surface area contributed by atoms with E-state index in [4.69, 9.17) is 21.4 Å². The molecule has 8 nitrogen and oxygen atoms in total. The maximum atomic E-state index is 15.0. The lowest BCUT2D eigenvalue weighted by Gasteiger charge is -2.36. The van der Waals surface area contributed by atoms with Gasteiger partial charge in [-0.2, -0.15) is 17.6 Å². The van der Waals surface area contributed by atoms with Crippen molar-refractivity contribution in [3.8, 4) is 5.75 Å². The molecule has 44 heavy (non-hydrogen) atoms. The lowest BCUT2D eigenvalue weighted by Crippen LogP contribution is -2.55. The Labute approximate surface area is 254 Å². The first-order valence-corrected chi connectivity index (χ1v) is 14.0. The van der Waals surface area contributed by atoms with Crippen LogP contribution in [0, 0.1) is 5.82 Å². The number of aliphatic carboxylic acids is 1. The van der Waals surface area contributed by atoms with Crippen molar-refractivity contribution in [2.24, 2.45) is 0 Å². The summed E-state index contributed by atoms with van der Waals surface area (Å²) in [5.74, 6) is -3.03. The summed E-state index contributed by atoms with van der Waals surface area (Å²) < 4.78 is 78.5. The number of amides is 2. The fourth-order valence-electron chi connectivity index (χ4n) is 5.11. The quantitative estimate of drug-likeness (QED) is 0.189. The molecule has 236 valence electrons. The van der Waals surface area contributed by atoms with Gasteiger partial charge >= 0.3 is 24.5 Å². The third-order valence-corrected chi connectivity index (χ3v) is 7.32. The van der Waals surface area contributed by atoms with Crippen molar-refractivity contribution in [1.82, 2.24) is 15.6 Å². The smallest absolute Gasteiger partial charge is 0.461 e. The summed E-state index contributed by atoms with van der Waals surface area (Å²) >= 11 is 6.07. The molecule has 14 heteroatoms. The van der Waals surface area contributed by atoms with E-state index in [-0.39, 0.29) is 35.7 Å². The number of benzene rings is 2. The Kier molecular flexibility index (Phi) is 10.6. The van der Waals surface area contributed by atoms with Gasteiger partial charge in [-0.1, -0.05) is 41.9 Å². The van der Waals surface area contributed by atoms with E-state index in [9.17, 15) is 27.2 Å². The number of aromatic nitrogens is 1. The molecule has 3 aromatic rings. The number of nitrogens with one attached hydrogen (secondary N) is 2. The number of hydrogen-bond acceptors (Lipinski definition) is 5. The van der Waals surface area contributed by atoms with Crippen molar-refractivity contribution in [3.63, 3.8) is 0 Å². The number of pyridine rings is 1. The monoisotopic (exact) mass is 641 g/mol. The van der Waals surface area contributed by atoms with Crippen LogP contribution in [0.3, 0.4) is 0 Å². The molecule has 1 aliphatic rings. The van der Waals surface area contributed by atoms with Gasteiger partial charge in [-0.05, 0) is 54.7 Å². The Hall–Kier alpha value is -3.97. The van der Waals surface area contributed by atoms with Crippen LogP contribution in [0.2, 0.25) is 5.02 Å². The lowest BCUT2D eigenvalue weighted by molar-refractivity contribution is -0.253. The summed E-state index contributed by atoms with van der Waals surface area (Å²) in [5, 5.41) is 14.8. The number of carboxylic acids is 1. The summed E-state index contributed by atoms with van der Waals surface area (Å²) in [4.78, 5) is 28.9. The summed E-state index contributed by atoms with van der Waals surface area (Å²) in [6.07, 6.45) is -6.82. The average molecular weight is 642 g/mol. The van der Waals surface area contributed by atoms with Gasteiger partial charge in [-0.3, -0.25) is 9.78 Å². The number of urea groups is 1. The van der Waals surface area contributed by atoms with Gasteiger partial charge in [-0.25, -0.2) is 9.18 Å². The van der Waals surface area contributed by atoms with Crippen molar-refractivity contribution in [3.05, 3.63) is 94.5 Å². The molecule has 0 radical (unpaired) electrons. The first-order chi connectivity index (χ1) is 20.9. The van der Waals surface area contributed by atoms with Gasteiger partial charge < -0.3 is 25.2 Å². The van der Waals surface area contributed by atoms with Crippen LogP contribution in [0.25, 0.3) is 0 Å². The molecule has 1 fully saturated rings. The Morgan fingerprint density at radius 2 is 1.84 bits per heavy atom. The van der Waals surface area contributed by atoms with Crippen LogP contribution in [0.5, 0.6) is 5.75 Å². The summed E-state index contributed by atoms with van der Waals surface area (Å²) in [6, 6.07) is 12.7. The molecule has 0 saturated heterocycles. The SMILES string of the molecule is O=C(O)CCO[C@@H]1CCC[C@@H]1NC(=O)N[C@@](Cc1ccccc1)(c1cc(F)cc(OC(F)(F)C(F)F)c1)c1ccc(Cl)cn1. The van der Waals surface area contributed by atoms with Gasteiger partial charge in [0.25, 0.3) is 0 Å². The number of alkyl halides is 4. The molecule has 2 amide bonds. The van der Waals surface area contributed by atoms with Gasteiger partial charge in [0.2, 0.25) is 0 Å². The van der Waals surface area contributed by atoms with Crippen LogP contribution in [-0.4, -0.2) is 53.4 Å². The molecule has 0 aliphatic heterocycles. The van der Waals surface area contributed by atoms with Crippen LogP contribution in [0.4, 0.5) is 26.7 Å². The molecule has 0 bridgehead atoms. The normalized spacial score (nSPS) is 18.1. The summed E-state index contributed by atoms with van der Waals surface area (Å²) in [5.41, 5.74) is -1.16. The number of carboxylic acid groups (broad SMARTS) is 1. The number of halogens is 6. The fourth-order valence-corrected chi connectivity index (χ4v) is 5.22. The van der Waals surface area contributed by atoms with Crippen LogP contribution in [-0.2, 0) is 21.5 Å². The zero-order valence-electron chi connectivity index (χ0n) is 23.1. The number of ether oxygens (including phenoxy) is 2. The maximum absolute atomic E-state index is 15.0. The minimum atomic E-state index is -4.92. The molecule has 0 unspecified atom stereocenters. The lowest BCUT2D eigenvalue weighted by atomic mass is 9.80. The maximum Gasteiger partial charge on any atom is 0.461 e. The zero-order valence-corrected chi connectivity index (χ0v) is 23.9. The molecule has 3 atom stereocenters. The van der Waals surface area contributed by atoms with E-state index in [0.29, 0.717) is 30.9 Å². The fraction of sp³-hybridized carbons (Fsp3) is 0.367. The number of nitrogens with zero attached hydrogens (tertiary/aromatic N) is 1. The Bertz CT molecular complexity index is 1430. The van der Waals surface area contributed by atoms with Crippen molar-refractivity contribution in [2.45, 2.75) is 62.3 Å². The second kappa shape index (κ2) is 14.2. The molecule has 1 aromatic heterocycles. The second-order valence-corrected chi connectivity index (χ2v) is 10.7. The van der Waals surface area contributed by atoms with Crippen molar-refractivity contribution in [1.29, 1.82) is 0 Å². The van der Waals surface area contributed by atoms with E-state index < -0.39 is 53.8 Å². The standard InChI is InChI=1S/C30H29ClF5N3O5/c31-20-9-10-25(37-17-20)29(16-18-5-2-1-3-6-18,19-13-21(32)15-22(14-19)44-30(35,36)27(33)34)39-28(42)38-23-7-4-8-24(23)43-12-11-26(40)41/h1-3,5-6,9-10,13-15,17,23-24,27H,4,7-8,11-12,16H2,(H,40,41)(H2,38,39,42)/t23-,24+,29-/m0/s1. The molecule has 0 spiro atoms. The molecule has 3 N–H and O–H groups in total. The minimum absolute atomic E-state index is 0.0538. The third-order valence-electron chi connectivity index (χ3n) is 7.09. The first kappa shape index (κ1) is 32.9. The van der Waals surface area contributed by atoms with Crippen molar-refractivity contribution in [2.75, 3.05) is 6.61 Å². The Morgan fingerprint density at radius 3 is 2.50 bits per heavy atom. The highest BCUT2D eigenvalue weighted by molar-refractivity contribution is 6.30. The largest absolute Gasteiger partial charge is 0.481 e. The van der Waals surface area contributed by atoms with E-state index in [1.165, 1.54) is 18.3 Å². The van der Waals surface area contributed by atoms with Gasteiger partial charge in [0, 0.05) is 18.7 Å². The molecule has 2 aromatic carbocycles. The van der Waals surface area contributed by atoms with Gasteiger partial charge in [-0.15, -0.1) is 0 Å². The number of carbonyl (C=O) groups is 2. The van der Waals surface area contributed by atoms with E-state index in [1.54, 1.807) is 30.3 Å².